The number of carbonyl (C=O) groups excluding carboxylic acids is 2. The van der Waals surface area contributed by atoms with Gasteiger partial charge < -0.3 is 10.1 Å². The van der Waals surface area contributed by atoms with Gasteiger partial charge in [-0.05, 0) is 19.1 Å². The van der Waals surface area contributed by atoms with Crippen LogP contribution in [0, 0.1) is 0 Å². The molecule has 0 fully saturated rings. The summed E-state index contributed by atoms with van der Waals surface area (Å²) in [6, 6.07) is 5.38. The van der Waals surface area contributed by atoms with Gasteiger partial charge in [-0.2, -0.15) is 13.2 Å². The average Bonchev–Trinajstić information content (AvgIpc) is 3.15. The van der Waals surface area contributed by atoms with Crippen molar-refractivity contribution in [3.63, 3.8) is 0 Å². The molecule has 0 unspecified atom stereocenters. The minimum Gasteiger partial charge on any atom is -0.466 e. The summed E-state index contributed by atoms with van der Waals surface area (Å²) in [4.78, 5) is 44.2. The number of benzene rings is 1. The molecule has 0 saturated carbocycles. The maximum Gasteiger partial charge on any atom is 0.416 e. The Morgan fingerprint density at radius 2 is 1.94 bits per heavy atom. The van der Waals surface area contributed by atoms with E-state index >= 15 is 0 Å². The number of amides is 1. The van der Waals surface area contributed by atoms with E-state index in [1.54, 1.807) is 12.3 Å². The highest BCUT2D eigenvalue weighted by atomic mass is 32.1. The number of thiazole rings is 1. The molecule has 0 spiro atoms. The predicted octanol–water partition coefficient (Wildman–Crippen LogP) is 3.13. The number of rotatable bonds is 7. The van der Waals surface area contributed by atoms with Crippen LogP contribution in [-0.2, 0) is 33.5 Å². The van der Waals surface area contributed by atoms with Gasteiger partial charge in [0.25, 0.3) is 5.56 Å². The van der Waals surface area contributed by atoms with E-state index in [1.165, 1.54) is 12.1 Å². The number of carbonyl (C=O) groups is 2. The summed E-state index contributed by atoms with van der Waals surface area (Å²) in [5.74, 6) is -0.963. The van der Waals surface area contributed by atoms with Crippen molar-refractivity contribution in [1.29, 1.82) is 0 Å². The first-order valence-electron chi connectivity index (χ1n) is 9.29. The van der Waals surface area contributed by atoms with E-state index in [1.807, 2.05) is 0 Å². The van der Waals surface area contributed by atoms with Crippen molar-refractivity contribution in [2.24, 2.45) is 0 Å². The standard InChI is InChI=1S/C20H17F3N4O4S/c1-2-31-18(30)7-14-10-32-19(25-14)26-16(28)9-27-11-24-15(8-17(27)29)12-3-5-13(6-4-12)20(21,22)23/h3-6,8,10-11H,2,7,9H2,1H3,(H,25,26,28). The van der Waals surface area contributed by atoms with Gasteiger partial charge in [-0.1, -0.05) is 12.1 Å². The van der Waals surface area contributed by atoms with Gasteiger partial charge in [0.05, 0.1) is 36.3 Å². The Morgan fingerprint density at radius 3 is 2.56 bits per heavy atom. The first-order valence-corrected chi connectivity index (χ1v) is 10.2. The molecule has 2 heterocycles. The van der Waals surface area contributed by atoms with Gasteiger partial charge in [0.1, 0.15) is 6.54 Å². The van der Waals surface area contributed by atoms with Crippen molar-refractivity contribution in [2.75, 3.05) is 11.9 Å². The second kappa shape index (κ2) is 9.73. The van der Waals surface area contributed by atoms with Crippen LogP contribution >= 0.6 is 11.3 Å². The van der Waals surface area contributed by atoms with Gasteiger partial charge in [-0.25, -0.2) is 9.97 Å². The maximum absolute atomic E-state index is 12.7. The number of esters is 1. The summed E-state index contributed by atoms with van der Waals surface area (Å²) in [7, 11) is 0. The molecule has 0 radical (unpaired) electrons. The number of anilines is 1. The van der Waals surface area contributed by atoms with E-state index in [4.69, 9.17) is 4.74 Å². The molecule has 3 rings (SSSR count). The lowest BCUT2D eigenvalue weighted by Crippen LogP contribution is -2.27. The molecule has 1 aromatic carbocycles. The minimum atomic E-state index is -4.46. The van der Waals surface area contributed by atoms with Gasteiger partial charge in [-0.15, -0.1) is 11.3 Å². The highest BCUT2D eigenvalue weighted by Gasteiger charge is 2.30. The number of aromatic nitrogens is 3. The first-order chi connectivity index (χ1) is 15.2. The number of ether oxygens (including phenoxy) is 1. The van der Waals surface area contributed by atoms with Gasteiger partial charge >= 0.3 is 12.1 Å². The van der Waals surface area contributed by atoms with Crippen LogP contribution in [0.15, 0.2) is 46.8 Å². The highest BCUT2D eigenvalue weighted by molar-refractivity contribution is 7.13. The van der Waals surface area contributed by atoms with Gasteiger partial charge in [0.2, 0.25) is 5.91 Å². The van der Waals surface area contributed by atoms with Crippen molar-refractivity contribution >= 4 is 28.3 Å². The molecule has 0 aliphatic heterocycles. The zero-order chi connectivity index (χ0) is 23.3. The summed E-state index contributed by atoms with van der Waals surface area (Å²) in [5.41, 5.74) is -0.387. The van der Waals surface area contributed by atoms with Gasteiger partial charge in [-0.3, -0.25) is 19.0 Å². The molecule has 0 saturated heterocycles. The van der Waals surface area contributed by atoms with Crippen LogP contribution in [0.25, 0.3) is 11.3 Å². The van der Waals surface area contributed by atoms with Crippen LogP contribution in [0.3, 0.4) is 0 Å². The Labute approximate surface area is 183 Å². The molecule has 168 valence electrons. The Hall–Kier alpha value is -3.54. The second-order valence-corrected chi connectivity index (χ2v) is 7.35. The van der Waals surface area contributed by atoms with E-state index in [0.717, 1.165) is 40.4 Å². The van der Waals surface area contributed by atoms with Gasteiger partial charge in [0, 0.05) is 17.0 Å². The Kier molecular flexibility index (Phi) is 7.03. The lowest BCUT2D eigenvalue weighted by atomic mass is 10.1. The summed E-state index contributed by atoms with van der Waals surface area (Å²) < 4.78 is 43.9. The Morgan fingerprint density at radius 1 is 1.22 bits per heavy atom. The first kappa shape index (κ1) is 23.1. The molecule has 8 nitrogen and oxygen atoms in total. The molecule has 1 amide bonds. The van der Waals surface area contributed by atoms with E-state index in [-0.39, 0.29) is 30.4 Å². The summed E-state index contributed by atoms with van der Waals surface area (Å²) in [6.45, 7) is 1.61. The van der Waals surface area contributed by atoms with E-state index < -0.39 is 29.2 Å². The summed E-state index contributed by atoms with van der Waals surface area (Å²) in [6.07, 6.45) is -3.34. The SMILES string of the molecule is CCOC(=O)Cc1csc(NC(=O)Cn2cnc(-c3ccc(C(F)(F)F)cc3)cc2=O)n1. The fourth-order valence-electron chi connectivity index (χ4n) is 2.65. The number of halogens is 3. The van der Waals surface area contributed by atoms with Crippen LogP contribution in [0.4, 0.5) is 18.3 Å². The van der Waals surface area contributed by atoms with E-state index in [2.05, 4.69) is 15.3 Å². The average molecular weight is 466 g/mol. The van der Waals surface area contributed by atoms with Crippen molar-refractivity contribution in [3.8, 4) is 11.3 Å². The molecule has 0 aliphatic rings. The van der Waals surface area contributed by atoms with E-state index in [0.29, 0.717) is 11.3 Å². The minimum absolute atomic E-state index is 0.0188. The van der Waals surface area contributed by atoms with Crippen LogP contribution in [0.1, 0.15) is 18.2 Å². The van der Waals surface area contributed by atoms with E-state index in [9.17, 15) is 27.6 Å². The van der Waals surface area contributed by atoms with Crippen LogP contribution in [0.2, 0.25) is 0 Å². The molecule has 12 heteroatoms. The van der Waals surface area contributed by atoms with Crippen LogP contribution in [-0.4, -0.2) is 33.0 Å². The predicted molar refractivity (Wildman–Crippen MR) is 110 cm³/mol. The zero-order valence-corrected chi connectivity index (χ0v) is 17.5. The highest BCUT2D eigenvalue weighted by Crippen LogP contribution is 2.30. The number of nitrogens with one attached hydrogen (secondary N) is 1. The third-order valence-corrected chi connectivity index (χ3v) is 4.94. The summed E-state index contributed by atoms with van der Waals surface area (Å²) in [5, 5.41) is 4.40. The largest absolute Gasteiger partial charge is 0.466 e. The van der Waals surface area contributed by atoms with Crippen molar-refractivity contribution < 1.29 is 27.5 Å². The number of hydrogen-bond donors (Lipinski definition) is 1. The molecule has 3 aromatic rings. The molecule has 0 bridgehead atoms. The number of hydrogen-bond acceptors (Lipinski definition) is 7. The smallest absolute Gasteiger partial charge is 0.416 e. The van der Waals surface area contributed by atoms with Crippen LogP contribution < -0.4 is 10.9 Å². The van der Waals surface area contributed by atoms with Crippen molar-refractivity contribution in [3.05, 3.63) is 63.7 Å². The maximum atomic E-state index is 12.7. The Balaban J connectivity index is 1.63. The topological polar surface area (TPSA) is 103 Å². The second-order valence-electron chi connectivity index (χ2n) is 6.49. The Bertz CT molecular complexity index is 1170. The molecule has 32 heavy (non-hydrogen) atoms. The lowest BCUT2D eigenvalue weighted by molar-refractivity contribution is -0.142. The molecular formula is C20H17F3N4O4S. The fourth-order valence-corrected chi connectivity index (χ4v) is 3.38. The molecular weight excluding hydrogens is 449 g/mol. The van der Waals surface area contributed by atoms with Gasteiger partial charge in [0.15, 0.2) is 5.13 Å². The number of alkyl halides is 3. The zero-order valence-electron chi connectivity index (χ0n) is 16.7. The third kappa shape index (κ3) is 6.00. The van der Waals surface area contributed by atoms with Crippen molar-refractivity contribution in [1.82, 2.24) is 14.5 Å². The normalized spacial score (nSPS) is 11.2. The van der Waals surface area contributed by atoms with Crippen LogP contribution in [0.5, 0.6) is 0 Å². The summed E-state index contributed by atoms with van der Waals surface area (Å²) >= 11 is 1.12. The molecule has 2 aromatic heterocycles. The third-order valence-electron chi connectivity index (χ3n) is 4.13. The quantitative estimate of drug-likeness (QED) is 0.537. The molecule has 0 aliphatic carbocycles. The molecule has 0 atom stereocenters. The monoisotopic (exact) mass is 466 g/mol. The van der Waals surface area contributed by atoms with Crippen molar-refractivity contribution in [2.45, 2.75) is 26.1 Å². The lowest BCUT2D eigenvalue weighted by Gasteiger charge is -2.08. The number of nitrogens with zero attached hydrogens (tertiary/aromatic N) is 3. The molecule has 1 N–H and O–H groups in total. The fraction of sp³-hybridized carbons (Fsp3) is 0.250.